The topological polar surface area (TPSA) is 23.8 Å². The fourth-order valence-corrected chi connectivity index (χ4v) is 1.45. The zero-order chi connectivity index (χ0) is 10.4. The van der Waals surface area contributed by atoms with Crippen LogP contribution in [0.25, 0.3) is 6.08 Å². The van der Waals surface area contributed by atoms with Gasteiger partial charge in [-0.05, 0) is 18.1 Å². The van der Waals surface area contributed by atoms with Crippen molar-refractivity contribution in [2.24, 2.45) is 0 Å². The van der Waals surface area contributed by atoms with E-state index >= 15 is 0 Å². The highest BCUT2D eigenvalue weighted by Crippen LogP contribution is 2.14. The molecule has 1 nitrogen and oxygen atoms in total. The fraction of sp³-hybridized carbons (Fsp3) is 0.250. The van der Waals surface area contributed by atoms with E-state index in [4.69, 9.17) is 16.9 Å². The van der Waals surface area contributed by atoms with Gasteiger partial charge in [-0.2, -0.15) is 5.26 Å². The van der Waals surface area contributed by atoms with Gasteiger partial charge in [-0.1, -0.05) is 36.8 Å². The van der Waals surface area contributed by atoms with E-state index in [1.165, 1.54) is 0 Å². The number of benzene rings is 1. The van der Waals surface area contributed by atoms with Crippen LogP contribution in [0.4, 0.5) is 0 Å². The molecule has 72 valence electrons. The molecular weight excluding hydrogens is 194 g/mol. The maximum absolute atomic E-state index is 8.86. The Bertz CT molecular complexity index is 368. The van der Waals surface area contributed by atoms with Crippen molar-refractivity contribution < 1.29 is 0 Å². The Kier molecular flexibility index (Phi) is 4.22. The first kappa shape index (κ1) is 10.8. The minimum atomic E-state index is 0.524. The molecule has 0 saturated carbocycles. The number of hydrogen-bond acceptors (Lipinski definition) is 1. The van der Waals surface area contributed by atoms with Crippen molar-refractivity contribution >= 4 is 17.7 Å². The molecule has 0 aromatic heterocycles. The molecule has 0 heterocycles. The quantitative estimate of drug-likeness (QED) is 0.692. The number of rotatable bonds is 3. The van der Waals surface area contributed by atoms with Crippen LogP contribution in [-0.2, 0) is 0 Å². The molecule has 0 bridgehead atoms. The Morgan fingerprint density at radius 2 is 2.21 bits per heavy atom. The molecular formula is C12H12ClN. The van der Waals surface area contributed by atoms with Crippen LogP contribution in [0.3, 0.4) is 0 Å². The molecule has 1 aromatic rings. The zero-order valence-electron chi connectivity index (χ0n) is 8.13. The Hall–Kier alpha value is -1.26. The highest BCUT2D eigenvalue weighted by Gasteiger charge is 1.98. The van der Waals surface area contributed by atoms with Gasteiger partial charge in [0.05, 0.1) is 11.6 Å². The van der Waals surface area contributed by atoms with Crippen LogP contribution < -0.4 is 0 Å². The molecule has 0 aliphatic carbocycles. The molecule has 0 radical (unpaired) electrons. The second-order valence-electron chi connectivity index (χ2n) is 2.99. The SMILES string of the molecule is CC/C(=C/c1ccccc1C#N)CCl. The molecule has 0 aliphatic heterocycles. The van der Waals surface area contributed by atoms with E-state index in [-0.39, 0.29) is 0 Å². The Morgan fingerprint density at radius 1 is 1.50 bits per heavy atom. The molecule has 0 amide bonds. The normalized spacial score (nSPS) is 11.1. The summed E-state index contributed by atoms with van der Waals surface area (Å²) in [6.45, 7) is 2.06. The molecule has 1 aromatic carbocycles. The van der Waals surface area contributed by atoms with E-state index in [2.05, 4.69) is 13.0 Å². The first-order chi connectivity index (χ1) is 6.81. The Balaban J connectivity index is 3.08. The fourth-order valence-electron chi connectivity index (χ4n) is 1.18. The monoisotopic (exact) mass is 205 g/mol. The average Bonchev–Trinajstić information content (AvgIpc) is 2.26. The van der Waals surface area contributed by atoms with Gasteiger partial charge in [0.25, 0.3) is 0 Å². The summed E-state index contributed by atoms with van der Waals surface area (Å²) in [5.74, 6) is 0.524. The third-order valence-corrected chi connectivity index (χ3v) is 2.41. The van der Waals surface area contributed by atoms with Gasteiger partial charge < -0.3 is 0 Å². The summed E-state index contributed by atoms with van der Waals surface area (Å²) in [6.07, 6.45) is 2.91. The summed E-state index contributed by atoms with van der Waals surface area (Å²) in [7, 11) is 0. The highest BCUT2D eigenvalue weighted by atomic mass is 35.5. The molecule has 14 heavy (non-hydrogen) atoms. The van der Waals surface area contributed by atoms with Crippen molar-refractivity contribution in [2.75, 3.05) is 5.88 Å². The predicted octanol–water partition coefficient (Wildman–Crippen LogP) is 3.59. The van der Waals surface area contributed by atoms with E-state index in [1.807, 2.05) is 30.3 Å². The Labute approximate surface area is 89.6 Å². The second kappa shape index (κ2) is 5.47. The van der Waals surface area contributed by atoms with Gasteiger partial charge in [0, 0.05) is 5.88 Å². The zero-order valence-corrected chi connectivity index (χ0v) is 8.88. The van der Waals surface area contributed by atoms with Gasteiger partial charge in [-0.15, -0.1) is 11.6 Å². The average molecular weight is 206 g/mol. The number of nitriles is 1. The number of allylic oxidation sites excluding steroid dienone is 1. The third-order valence-electron chi connectivity index (χ3n) is 2.07. The van der Waals surface area contributed by atoms with Gasteiger partial charge in [0.1, 0.15) is 0 Å². The molecule has 0 unspecified atom stereocenters. The van der Waals surface area contributed by atoms with E-state index in [0.717, 1.165) is 17.6 Å². The van der Waals surface area contributed by atoms with Gasteiger partial charge in [-0.25, -0.2) is 0 Å². The third kappa shape index (κ3) is 2.61. The lowest BCUT2D eigenvalue weighted by atomic mass is 10.1. The molecule has 0 fully saturated rings. The molecule has 0 saturated heterocycles. The van der Waals surface area contributed by atoms with Crippen LogP contribution in [0.15, 0.2) is 29.8 Å². The molecule has 0 aliphatic rings. The van der Waals surface area contributed by atoms with Gasteiger partial charge in [0.2, 0.25) is 0 Å². The first-order valence-electron chi connectivity index (χ1n) is 4.56. The van der Waals surface area contributed by atoms with Crippen LogP contribution in [-0.4, -0.2) is 5.88 Å². The summed E-state index contributed by atoms with van der Waals surface area (Å²) < 4.78 is 0. The molecule has 1 rings (SSSR count). The largest absolute Gasteiger partial charge is 0.192 e. The van der Waals surface area contributed by atoms with Crippen molar-refractivity contribution in [1.29, 1.82) is 5.26 Å². The van der Waals surface area contributed by atoms with Crippen molar-refractivity contribution in [3.63, 3.8) is 0 Å². The van der Waals surface area contributed by atoms with E-state index in [0.29, 0.717) is 11.4 Å². The summed E-state index contributed by atoms with van der Waals surface area (Å²) in [6, 6.07) is 9.69. The molecule has 0 N–H and O–H groups in total. The number of nitrogens with zero attached hydrogens (tertiary/aromatic N) is 1. The van der Waals surface area contributed by atoms with Gasteiger partial charge >= 0.3 is 0 Å². The van der Waals surface area contributed by atoms with Crippen molar-refractivity contribution in [1.82, 2.24) is 0 Å². The van der Waals surface area contributed by atoms with Crippen LogP contribution in [0.2, 0.25) is 0 Å². The number of alkyl halides is 1. The number of hydrogen-bond donors (Lipinski definition) is 0. The van der Waals surface area contributed by atoms with Crippen LogP contribution in [0.1, 0.15) is 24.5 Å². The summed E-state index contributed by atoms with van der Waals surface area (Å²) in [4.78, 5) is 0. The van der Waals surface area contributed by atoms with Crippen molar-refractivity contribution in [2.45, 2.75) is 13.3 Å². The number of halogens is 1. The first-order valence-corrected chi connectivity index (χ1v) is 5.09. The standard InChI is InChI=1S/C12H12ClN/c1-2-10(8-13)7-11-5-3-4-6-12(11)9-14/h3-7H,2,8H2,1H3/b10-7-. The van der Waals surface area contributed by atoms with Crippen LogP contribution in [0.5, 0.6) is 0 Å². The van der Waals surface area contributed by atoms with Crippen LogP contribution in [0, 0.1) is 11.3 Å². The predicted molar refractivity (Wildman–Crippen MR) is 60.1 cm³/mol. The highest BCUT2D eigenvalue weighted by molar-refractivity contribution is 6.19. The van der Waals surface area contributed by atoms with Crippen molar-refractivity contribution in [3.05, 3.63) is 41.0 Å². The van der Waals surface area contributed by atoms with E-state index < -0.39 is 0 Å². The van der Waals surface area contributed by atoms with Crippen LogP contribution >= 0.6 is 11.6 Å². The van der Waals surface area contributed by atoms with E-state index in [1.54, 1.807) is 0 Å². The molecule has 0 spiro atoms. The van der Waals surface area contributed by atoms with Gasteiger partial charge in [0.15, 0.2) is 0 Å². The minimum Gasteiger partial charge on any atom is -0.192 e. The maximum atomic E-state index is 8.86. The molecule has 0 atom stereocenters. The lowest BCUT2D eigenvalue weighted by Crippen LogP contribution is -1.85. The second-order valence-corrected chi connectivity index (χ2v) is 3.26. The van der Waals surface area contributed by atoms with Gasteiger partial charge in [-0.3, -0.25) is 0 Å². The van der Waals surface area contributed by atoms with E-state index in [9.17, 15) is 0 Å². The lowest BCUT2D eigenvalue weighted by Gasteiger charge is -2.01. The molecule has 2 heteroatoms. The lowest BCUT2D eigenvalue weighted by molar-refractivity contribution is 1.12. The van der Waals surface area contributed by atoms with Crippen molar-refractivity contribution in [3.8, 4) is 6.07 Å². The summed E-state index contributed by atoms with van der Waals surface area (Å²) >= 11 is 5.76. The maximum Gasteiger partial charge on any atom is 0.0997 e. The minimum absolute atomic E-state index is 0.524. The summed E-state index contributed by atoms with van der Waals surface area (Å²) in [5, 5.41) is 8.86. The smallest absolute Gasteiger partial charge is 0.0997 e. The Morgan fingerprint density at radius 3 is 2.79 bits per heavy atom. The summed E-state index contributed by atoms with van der Waals surface area (Å²) in [5.41, 5.74) is 2.80.